The summed E-state index contributed by atoms with van der Waals surface area (Å²) in [6.45, 7) is 1.49. The van der Waals surface area contributed by atoms with Gasteiger partial charge in [-0.15, -0.1) is 0 Å². The van der Waals surface area contributed by atoms with Crippen molar-refractivity contribution in [3.05, 3.63) is 39.4 Å². The molecule has 0 fully saturated rings. The maximum absolute atomic E-state index is 10.9. The Morgan fingerprint density at radius 1 is 1.50 bits per heavy atom. The second kappa shape index (κ2) is 6.11. The first-order chi connectivity index (χ1) is 8.45. The van der Waals surface area contributed by atoms with E-state index in [1.54, 1.807) is 19.1 Å². The zero-order chi connectivity index (χ0) is 13.7. The van der Waals surface area contributed by atoms with Gasteiger partial charge in [0.2, 0.25) is 0 Å². The third kappa shape index (κ3) is 3.53. The number of hydrogen-bond donors (Lipinski definition) is 2. The van der Waals surface area contributed by atoms with Crippen LogP contribution in [0.15, 0.2) is 18.2 Å². The fourth-order valence-electron chi connectivity index (χ4n) is 1.76. The summed E-state index contributed by atoms with van der Waals surface area (Å²) in [6, 6.07) is 4.52. The van der Waals surface area contributed by atoms with Gasteiger partial charge in [0.05, 0.1) is 11.5 Å². The molecule has 0 saturated heterocycles. The van der Waals surface area contributed by atoms with Gasteiger partial charge in [0, 0.05) is 18.1 Å². The minimum atomic E-state index is -0.920. The van der Waals surface area contributed by atoms with Gasteiger partial charge in [0.1, 0.15) is 0 Å². The summed E-state index contributed by atoms with van der Waals surface area (Å²) in [5, 5.41) is 28.5. The van der Waals surface area contributed by atoms with Crippen molar-refractivity contribution >= 4 is 11.7 Å². The summed E-state index contributed by atoms with van der Waals surface area (Å²) in [6.07, 6.45) is 0.314. The van der Waals surface area contributed by atoms with E-state index in [1.807, 2.05) is 0 Å². The largest absolute Gasteiger partial charge is 0.481 e. The first-order valence-corrected chi connectivity index (χ1v) is 5.55. The Morgan fingerprint density at radius 3 is 2.67 bits per heavy atom. The topological polar surface area (TPSA) is 101 Å². The van der Waals surface area contributed by atoms with E-state index in [9.17, 15) is 14.9 Å². The average Bonchev–Trinajstić information content (AvgIpc) is 2.34. The Hall–Kier alpha value is -1.95. The highest BCUT2D eigenvalue weighted by Gasteiger charge is 2.20. The lowest BCUT2D eigenvalue weighted by atomic mass is 9.93. The second-order valence-electron chi connectivity index (χ2n) is 4.14. The molecular formula is C12H15NO5. The first-order valence-electron chi connectivity index (χ1n) is 5.55. The summed E-state index contributed by atoms with van der Waals surface area (Å²) in [7, 11) is 0. The summed E-state index contributed by atoms with van der Waals surface area (Å²) < 4.78 is 0. The maximum atomic E-state index is 10.9. The molecule has 18 heavy (non-hydrogen) atoms. The number of carboxylic acid groups (broad SMARTS) is 1. The van der Waals surface area contributed by atoms with Crippen LogP contribution >= 0.6 is 0 Å². The number of nitrogens with zero attached hydrogens (tertiary/aromatic N) is 1. The zero-order valence-electron chi connectivity index (χ0n) is 10.00. The predicted molar refractivity (Wildman–Crippen MR) is 64.3 cm³/mol. The maximum Gasteiger partial charge on any atom is 0.303 e. The van der Waals surface area contributed by atoms with E-state index in [0.717, 1.165) is 0 Å². The van der Waals surface area contributed by atoms with Crippen LogP contribution in [0.4, 0.5) is 5.69 Å². The molecule has 1 atom stereocenters. The monoisotopic (exact) mass is 253 g/mol. The minimum absolute atomic E-state index is 0.0277. The molecule has 6 nitrogen and oxygen atoms in total. The average molecular weight is 253 g/mol. The smallest absolute Gasteiger partial charge is 0.303 e. The SMILES string of the molecule is CC(CCC(=O)O)c1ccc(CO)cc1[N+](=O)[O-]. The molecule has 1 aromatic rings. The van der Waals surface area contributed by atoms with Crippen molar-refractivity contribution in [2.75, 3.05) is 0 Å². The van der Waals surface area contributed by atoms with Gasteiger partial charge in [-0.2, -0.15) is 0 Å². The van der Waals surface area contributed by atoms with E-state index < -0.39 is 10.9 Å². The van der Waals surface area contributed by atoms with Gasteiger partial charge in [-0.3, -0.25) is 14.9 Å². The highest BCUT2D eigenvalue weighted by molar-refractivity contribution is 5.66. The molecule has 0 aliphatic rings. The lowest BCUT2D eigenvalue weighted by Crippen LogP contribution is -2.04. The van der Waals surface area contributed by atoms with Gasteiger partial charge in [0.15, 0.2) is 0 Å². The van der Waals surface area contributed by atoms with Crippen LogP contribution in [0.25, 0.3) is 0 Å². The van der Waals surface area contributed by atoms with Gasteiger partial charge in [-0.05, 0) is 17.9 Å². The molecule has 0 radical (unpaired) electrons. The van der Waals surface area contributed by atoms with Gasteiger partial charge < -0.3 is 10.2 Å². The van der Waals surface area contributed by atoms with Gasteiger partial charge in [-0.1, -0.05) is 19.1 Å². The van der Waals surface area contributed by atoms with Gasteiger partial charge in [-0.25, -0.2) is 0 Å². The molecule has 2 N–H and O–H groups in total. The standard InChI is InChI=1S/C12H15NO5/c1-8(2-5-12(15)16)10-4-3-9(7-14)6-11(10)13(17)18/h3-4,6,8,14H,2,5,7H2,1H3,(H,15,16). The lowest BCUT2D eigenvalue weighted by molar-refractivity contribution is -0.385. The third-order valence-corrected chi connectivity index (χ3v) is 2.80. The summed E-state index contributed by atoms with van der Waals surface area (Å²) in [5.41, 5.74) is 0.897. The zero-order valence-corrected chi connectivity index (χ0v) is 10.00. The number of carboxylic acids is 1. The number of hydrogen-bond acceptors (Lipinski definition) is 4. The van der Waals surface area contributed by atoms with Crippen molar-refractivity contribution in [1.29, 1.82) is 0 Å². The number of aliphatic carboxylic acids is 1. The van der Waals surface area contributed by atoms with Crippen LogP contribution < -0.4 is 0 Å². The molecule has 0 aliphatic carbocycles. The van der Waals surface area contributed by atoms with Crippen LogP contribution in [0.1, 0.15) is 36.8 Å². The molecule has 0 amide bonds. The fraction of sp³-hybridized carbons (Fsp3) is 0.417. The lowest BCUT2D eigenvalue weighted by Gasteiger charge is -2.11. The van der Waals surface area contributed by atoms with Crippen molar-refractivity contribution in [1.82, 2.24) is 0 Å². The van der Waals surface area contributed by atoms with Crippen LogP contribution in [-0.4, -0.2) is 21.1 Å². The molecule has 1 unspecified atom stereocenters. The number of aliphatic hydroxyl groups is 1. The fourth-order valence-corrected chi connectivity index (χ4v) is 1.76. The Kier molecular flexibility index (Phi) is 4.79. The Bertz CT molecular complexity index is 458. The quantitative estimate of drug-likeness (QED) is 0.597. The number of carbonyl (C=O) groups is 1. The van der Waals surface area contributed by atoms with Crippen LogP contribution in [0.3, 0.4) is 0 Å². The van der Waals surface area contributed by atoms with Crippen LogP contribution in [0.2, 0.25) is 0 Å². The van der Waals surface area contributed by atoms with Crippen LogP contribution in [0.5, 0.6) is 0 Å². The summed E-state index contributed by atoms with van der Waals surface area (Å²) >= 11 is 0. The Labute approximate surface area is 104 Å². The molecule has 0 aliphatic heterocycles. The summed E-state index contributed by atoms with van der Waals surface area (Å²) in [4.78, 5) is 20.9. The third-order valence-electron chi connectivity index (χ3n) is 2.80. The number of rotatable bonds is 6. The van der Waals surface area contributed by atoms with Crippen molar-refractivity contribution in [3.8, 4) is 0 Å². The van der Waals surface area contributed by atoms with E-state index >= 15 is 0 Å². The van der Waals surface area contributed by atoms with Crippen LogP contribution in [0, 0.1) is 10.1 Å². The van der Waals surface area contributed by atoms with Gasteiger partial charge in [0.25, 0.3) is 5.69 Å². The molecule has 98 valence electrons. The molecule has 1 aromatic carbocycles. The molecular weight excluding hydrogens is 238 g/mol. The van der Waals surface area contributed by atoms with Crippen molar-refractivity contribution in [2.45, 2.75) is 32.3 Å². The van der Waals surface area contributed by atoms with E-state index in [4.69, 9.17) is 10.2 Å². The molecule has 0 bridgehead atoms. The van der Waals surface area contributed by atoms with Crippen molar-refractivity contribution < 1.29 is 19.9 Å². The van der Waals surface area contributed by atoms with Crippen molar-refractivity contribution in [2.24, 2.45) is 0 Å². The number of benzene rings is 1. The van der Waals surface area contributed by atoms with Gasteiger partial charge >= 0.3 is 5.97 Å². The van der Waals surface area contributed by atoms with Crippen LogP contribution in [-0.2, 0) is 11.4 Å². The van der Waals surface area contributed by atoms with Crippen molar-refractivity contribution in [3.63, 3.8) is 0 Å². The molecule has 0 heterocycles. The molecule has 0 aromatic heterocycles. The number of nitro benzene ring substituents is 1. The number of nitro groups is 1. The predicted octanol–water partition coefficient (Wildman–Crippen LogP) is 2.06. The Balaban J connectivity index is 2.99. The normalized spacial score (nSPS) is 12.1. The molecule has 1 rings (SSSR count). The molecule has 0 saturated carbocycles. The van der Waals surface area contributed by atoms with E-state index in [1.165, 1.54) is 6.07 Å². The minimum Gasteiger partial charge on any atom is -0.481 e. The second-order valence-corrected chi connectivity index (χ2v) is 4.14. The van der Waals surface area contributed by atoms with E-state index in [0.29, 0.717) is 17.5 Å². The highest BCUT2D eigenvalue weighted by atomic mass is 16.6. The molecule has 6 heteroatoms. The van der Waals surface area contributed by atoms with E-state index in [-0.39, 0.29) is 24.6 Å². The molecule has 0 spiro atoms. The summed E-state index contributed by atoms with van der Waals surface area (Å²) in [5.74, 6) is -1.13. The van der Waals surface area contributed by atoms with E-state index in [2.05, 4.69) is 0 Å². The Morgan fingerprint density at radius 2 is 2.17 bits per heavy atom. The first kappa shape index (κ1) is 14.1. The number of aliphatic hydroxyl groups excluding tert-OH is 1. The highest BCUT2D eigenvalue weighted by Crippen LogP contribution is 2.30.